The summed E-state index contributed by atoms with van der Waals surface area (Å²) in [5, 5.41) is 5.89. The summed E-state index contributed by atoms with van der Waals surface area (Å²) in [6.07, 6.45) is 1.82. The highest BCUT2D eigenvalue weighted by molar-refractivity contribution is 5.94. The minimum absolute atomic E-state index is 1.00. The molecule has 3 nitrogen and oxygen atoms in total. The maximum Gasteiger partial charge on any atom is 0.111 e. The predicted molar refractivity (Wildman–Crippen MR) is 87.9 cm³/mol. The molecule has 0 saturated carbocycles. The van der Waals surface area contributed by atoms with E-state index in [0.29, 0.717) is 0 Å². The van der Waals surface area contributed by atoms with Crippen LogP contribution in [0.15, 0.2) is 66.9 Å². The molecule has 0 amide bonds. The first-order valence-corrected chi connectivity index (χ1v) is 6.98. The lowest BCUT2D eigenvalue weighted by molar-refractivity contribution is 0.977. The van der Waals surface area contributed by atoms with Crippen LogP contribution >= 0.6 is 0 Å². The largest absolute Gasteiger partial charge is 0.341 e. The molecule has 0 aliphatic heterocycles. The minimum Gasteiger partial charge on any atom is -0.341 e. The fourth-order valence-electron chi connectivity index (χ4n) is 2.76. The molecule has 4 rings (SSSR count). The van der Waals surface area contributed by atoms with Crippen LogP contribution in [-0.4, -0.2) is 9.55 Å². The Labute approximate surface area is 122 Å². The molecule has 0 fully saturated rings. The summed E-state index contributed by atoms with van der Waals surface area (Å²) in [6.45, 7) is 0. The summed E-state index contributed by atoms with van der Waals surface area (Å²) < 4.78 is 2.17. The molecule has 0 aliphatic rings. The van der Waals surface area contributed by atoms with Gasteiger partial charge in [0, 0.05) is 35.2 Å². The van der Waals surface area contributed by atoms with Crippen molar-refractivity contribution in [1.29, 1.82) is 0 Å². The zero-order valence-electron chi connectivity index (χ0n) is 11.7. The van der Waals surface area contributed by atoms with Gasteiger partial charge in [0.25, 0.3) is 0 Å². The van der Waals surface area contributed by atoms with Gasteiger partial charge in [0.15, 0.2) is 0 Å². The van der Waals surface area contributed by atoms with Gasteiger partial charge in [0.1, 0.15) is 5.82 Å². The quantitative estimate of drug-likeness (QED) is 0.584. The van der Waals surface area contributed by atoms with Crippen LogP contribution in [-0.2, 0) is 7.05 Å². The summed E-state index contributed by atoms with van der Waals surface area (Å²) in [4.78, 5) is 4.40. The number of para-hydroxylation sites is 1. The molecule has 0 spiro atoms. The van der Waals surface area contributed by atoms with Gasteiger partial charge in [-0.15, -0.1) is 0 Å². The monoisotopic (exact) mass is 273 g/mol. The molecular weight excluding hydrogens is 258 g/mol. The first kappa shape index (κ1) is 12.0. The number of anilines is 2. The molecule has 3 heteroatoms. The minimum atomic E-state index is 1.00. The third kappa shape index (κ3) is 1.94. The molecule has 4 aromatic rings. The lowest BCUT2D eigenvalue weighted by Gasteiger charge is -2.10. The number of hydrogen-bond donors (Lipinski definition) is 1. The Balaban J connectivity index is 1.85. The van der Waals surface area contributed by atoms with Gasteiger partial charge in [0.05, 0.1) is 5.52 Å². The molecule has 2 aromatic heterocycles. The highest BCUT2D eigenvalue weighted by Crippen LogP contribution is 2.28. The van der Waals surface area contributed by atoms with Crippen LogP contribution in [0.25, 0.3) is 21.8 Å². The number of aromatic nitrogens is 2. The molecule has 0 bridgehead atoms. The standard InChI is InChI=1S/C18H15N3/c1-21-17-10-3-2-6-13(17)12-18(21)20-16-9-4-8-15-14(16)7-5-11-19-15/h2-12,20H,1H3. The van der Waals surface area contributed by atoms with Crippen molar-refractivity contribution in [2.75, 3.05) is 5.32 Å². The van der Waals surface area contributed by atoms with E-state index < -0.39 is 0 Å². The number of nitrogens with one attached hydrogen (secondary N) is 1. The lowest BCUT2D eigenvalue weighted by Crippen LogP contribution is -1.98. The summed E-state index contributed by atoms with van der Waals surface area (Å²) >= 11 is 0. The smallest absolute Gasteiger partial charge is 0.111 e. The number of pyridine rings is 1. The average molecular weight is 273 g/mol. The average Bonchev–Trinajstić information content (AvgIpc) is 2.85. The Hall–Kier alpha value is -2.81. The zero-order chi connectivity index (χ0) is 14.2. The molecule has 0 atom stereocenters. The first-order chi connectivity index (χ1) is 10.3. The number of fused-ring (bicyclic) bond motifs is 2. The number of rotatable bonds is 2. The van der Waals surface area contributed by atoms with E-state index in [4.69, 9.17) is 0 Å². The molecule has 1 N–H and O–H groups in total. The fraction of sp³-hybridized carbons (Fsp3) is 0.0556. The second kappa shape index (κ2) is 4.63. The van der Waals surface area contributed by atoms with E-state index >= 15 is 0 Å². The van der Waals surface area contributed by atoms with E-state index in [0.717, 1.165) is 22.4 Å². The second-order valence-corrected chi connectivity index (χ2v) is 5.15. The van der Waals surface area contributed by atoms with Crippen molar-refractivity contribution < 1.29 is 0 Å². The maximum atomic E-state index is 4.40. The van der Waals surface area contributed by atoms with Crippen LogP contribution in [0.2, 0.25) is 0 Å². The summed E-state index contributed by atoms with van der Waals surface area (Å²) in [5.74, 6) is 1.08. The second-order valence-electron chi connectivity index (χ2n) is 5.15. The third-order valence-electron chi connectivity index (χ3n) is 3.86. The van der Waals surface area contributed by atoms with Gasteiger partial charge in [-0.1, -0.05) is 24.3 Å². The van der Waals surface area contributed by atoms with Crippen LogP contribution in [0, 0.1) is 0 Å². The van der Waals surface area contributed by atoms with Crippen LogP contribution in [0.3, 0.4) is 0 Å². The molecule has 0 radical (unpaired) electrons. The van der Waals surface area contributed by atoms with E-state index in [-0.39, 0.29) is 0 Å². The van der Waals surface area contributed by atoms with Crippen LogP contribution in [0.1, 0.15) is 0 Å². The molecule has 0 saturated heterocycles. The highest BCUT2D eigenvalue weighted by atomic mass is 15.1. The molecule has 21 heavy (non-hydrogen) atoms. The van der Waals surface area contributed by atoms with Crippen LogP contribution in [0.4, 0.5) is 11.5 Å². The molecule has 2 aromatic carbocycles. The van der Waals surface area contributed by atoms with E-state index in [1.807, 2.05) is 24.4 Å². The zero-order valence-corrected chi connectivity index (χ0v) is 11.7. The van der Waals surface area contributed by atoms with Crippen LogP contribution in [0.5, 0.6) is 0 Å². The Morgan fingerprint density at radius 1 is 0.952 bits per heavy atom. The maximum absolute atomic E-state index is 4.40. The van der Waals surface area contributed by atoms with Gasteiger partial charge in [-0.25, -0.2) is 0 Å². The highest BCUT2D eigenvalue weighted by Gasteiger charge is 2.07. The Bertz CT molecular complexity index is 932. The summed E-state index contributed by atoms with van der Waals surface area (Å²) in [6, 6.07) is 20.8. The SMILES string of the molecule is Cn1c(Nc2cccc3ncccc23)cc2ccccc21. The van der Waals surface area contributed by atoms with Crippen molar-refractivity contribution in [1.82, 2.24) is 9.55 Å². The first-order valence-electron chi connectivity index (χ1n) is 6.98. The van der Waals surface area contributed by atoms with Crippen molar-refractivity contribution in [3.8, 4) is 0 Å². The van der Waals surface area contributed by atoms with Gasteiger partial charge in [0.2, 0.25) is 0 Å². The number of benzene rings is 2. The molecule has 0 unspecified atom stereocenters. The van der Waals surface area contributed by atoms with Gasteiger partial charge >= 0.3 is 0 Å². The van der Waals surface area contributed by atoms with Gasteiger partial charge in [-0.3, -0.25) is 4.98 Å². The van der Waals surface area contributed by atoms with Crippen molar-refractivity contribution >= 4 is 33.3 Å². The normalized spacial score (nSPS) is 11.1. The van der Waals surface area contributed by atoms with E-state index in [9.17, 15) is 0 Å². The van der Waals surface area contributed by atoms with Crippen molar-refractivity contribution in [3.63, 3.8) is 0 Å². The van der Waals surface area contributed by atoms with Crippen molar-refractivity contribution in [2.24, 2.45) is 7.05 Å². The van der Waals surface area contributed by atoms with Crippen LogP contribution < -0.4 is 5.32 Å². The van der Waals surface area contributed by atoms with Crippen molar-refractivity contribution in [2.45, 2.75) is 0 Å². The Morgan fingerprint density at radius 2 is 1.86 bits per heavy atom. The molecular formula is C18H15N3. The van der Waals surface area contributed by atoms with Gasteiger partial charge < -0.3 is 9.88 Å². The number of nitrogens with zero attached hydrogens (tertiary/aromatic N) is 2. The van der Waals surface area contributed by atoms with Gasteiger partial charge in [-0.05, 0) is 36.4 Å². The Kier molecular flexibility index (Phi) is 2.64. The topological polar surface area (TPSA) is 29.9 Å². The lowest BCUT2D eigenvalue weighted by atomic mass is 10.2. The summed E-state index contributed by atoms with van der Waals surface area (Å²) in [7, 11) is 2.08. The molecule has 102 valence electrons. The van der Waals surface area contributed by atoms with Crippen molar-refractivity contribution in [3.05, 3.63) is 66.9 Å². The third-order valence-corrected chi connectivity index (χ3v) is 3.86. The molecule has 2 heterocycles. The Morgan fingerprint density at radius 3 is 2.76 bits per heavy atom. The predicted octanol–water partition coefficient (Wildman–Crippen LogP) is 4.47. The summed E-state index contributed by atoms with van der Waals surface area (Å²) in [5.41, 5.74) is 3.30. The molecule has 0 aliphatic carbocycles. The van der Waals surface area contributed by atoms with E-state index in [1.54, 1.807) is 0 Å². The number of hydrogen-bond acceptors (Lipinski definition) is 2. The number of aryl methyl sites for hydroxylation is 1. The van der Waals surface area contributed by atoms with E-state index in [1.165, 1.54) is 10.9 Å². The van der Waals surface area contributed by atoms with E-state index in [2.05, 4.69) is 64.4 Å². The fourth-order valence-corrected chi connectivity index (χ4v) is 2.76. The van der Waals surface area contributed by atoms with Gasteiger partial charge in [-0.2, -0.15) is 0 Å².